The third-order valence-corrected chi connectivity index (χ3v) is 4.29. The van der Waals surface area contributed by atoms with Gasteiger partial charge < -0.3 is 4.90 Å². The summed E-state index contributed by atoms with van der Waals surface area (Å²) in [5.41, 5.74) is 2.22. The minimum Gasteiger partial charge on any atom is -0.342 e. The molecule has 1 unspecified atom stereocenters. The van der Waals surface area contributed by atoms with Crippen molar-refractivity contribution in [2.75, 3.05) is 13.1 Å². The van der Waals surface area contributed by atoms with E-state index in [0.717, 1.165) is 31.6 Å². The number of carbonyl (C=O) groups is 1. The number of rotatable bonds is 4. The molecule has 0 N–H and O–H groups in total. The Balaban J connectivity index is 1.56. The van der Waals surface area contributed by atoms with Gasteiger partial charge in [0.1, 0.15) is 0 Å². The summed E-state index contributed by atoms with van der Waals surface area (Å²) < 4.78 is 1.78. The number of hydrogen-bond donors (Lipinski definition) is 0. The third-order valence-electron chi connectivity index (χ3n) is 4.29. The Kier molecular flexibility index (Phi) is 4.51. The Labute approximate surface area is 131 Å². The summed E-state index contributed by atoms with van der Waals surface area (Å²) in [5.74, 6) is 0.653. The molecule has 2 aromatic heterocycles. The lowest BCUT2D eigenvalue weighted by Crippen LogP contribution is -2.39. The fourth-order valence-electron chi connectivity index (χ4n) is 3.08. The van der Waals surface area contributed by atoms with Gasteiger partial charge in [-0.25, -0.2) is 0 Å². The van der Waals surface area contributed by atoms with Crippen molar-refractivity contribution in [2.45, 2.75) is 31.6 Å². The molecule has 0 aromatic carbocycles. The minimum atomic E-state index is 0.235. The second-order valence-corrected chi connectivity index (χ2v) is 5.95. The zero-order valence-corrected chi connectivity index (χ0v) is 13.0. The number of likely N-dealkylation sites (tertiary alicyclic amines) is 1. The Bertz CT molecular complexity index is 623. The van der Waals surface area contributed by atoms with Crippen LogP contribution in [0.3, 0.4) is 0 Å². The number of aromatic nitrogens is 3. The summed E-state index contributed by atoms with van der Waals surface area (Å²) in [6, 6.07) is 6.05. The molecule has 3 rings (SSSR count). The Hall–Kier alpha value is -2.17. The molecular weight excluding hydrogens is 276 g/mol. The summed E-state index contributed by atoms with van der Waals surface area (Å²) in [6.45, 7) is 1.69. The van der Waals surface area contributed by atoms with Gasteiger partial charge in [0.05, 0.1) is 5.69 Å². The molecule has 0 bridgehead atoms. The molecule has 1 saturated heterocycles. The van der Waals surface area contributed by atoms with E-state index in [2.05, 4.69) is 16.1 Å². The van der Waals surface area contributed by atoms with Crippen LogP contribution in [-0.4, -0.2) is 38.7 Å². The molecule has 5 nitrogen and oxygen atoms in total. The van der Waals surface area contributed by atoms with Gasteiger partial charge in [-0.1, -0.05) is 6.07 Å². The lowest BCUT2D eigenvalue weighted by Gasteiger charge is -2.33. The molecule has 5 heteroatoms. The van der Waals surface area contributed by atoms with Crippen LogP contribution in [0.25, 0.3) is 0 Å². The Morgan fingerprint density at radius 3 is 3.05 bits per heavy atom. The van der Waals surface area contributed by atoms with Crippen LogP contribution < -0.4 is 0 Å². The molecule has 3 heterocycles. The second-order valence-electron chi connectivity index (χ2n) is 5.95. The quantitative estimate of drug-likeness (QED) is 0.869. The summed E-state index contributed by atoms with van der Waals surface area (Å²) in [7, 11) is 1.90. The number of nitrogens with zero attached hydrogens (tertiary/aromatic N) is 4. The van der Waals surface area contributed by atoms with E-state index in [1.165, 1.54) is 5.56 Å². The van der Waals surface area contributed by atoms with E-state index >= 15 is 0 Å². The molecule has 1 atom stereocenters. The first-order valence-corrected chi connectivity index (χ1v) is 7.88. The van der Waals surface area contributed by atoms with Crippen molar-refractivity contribution in [1.29, 1.82) is 0 Å². The van der Waals surface area contributed by atoms with Gasteiger partial charge in [-0.05, 0) is 30.5 Å². The average molecular weight is 298 g/mol. The predicted octanol–water partition coefficient (Wildman–Crippen LogP) is 2.15. The highest BCUT2D eigenvalue weighted by Crippen LogP contribution is 2.26. The van der Waals surface area contributed by atoms with Crippen molar-refractivity contribution in [3.63, 3.8) is 0 Å². The maximum Gasteiger partial charge on any atom is 0.222 e. The van der Waals surface area contributed by atoms with Gasteiger partial charge in [0.15, 0.2) is 0 Å². The van der Waals surface area contributed by atoms with Gasteiger partial charge in [0, 0.05) is 57.5 Å². The molecule has 1 aliphatic heterocycles. The van der Waals surface area contributed by atoms with Crippen LogP contribution in [0.1, 0.15) is 36.4 Å². The van der Waals surface area contributed by atoms with Crippen LogP contribution in [0.5, 0.6) is 0 Å². The van der Waals surface area contributed by atoms with E-state index in [4.69, 9.17) is 0 Å². The van der Waals surface area contributed by atoms with Crippen molar-refractivity contribution in [1.82, 2.24) is 19.7 Å². The van der Waals surface area contributed by atoms with Crippen LogP contribution >= 0.6 is 0 Å². The third kappa shape index (κ3) is 3.53. The highest BCUT2D eigenvalue weighted by atomic mass is 16.2. The smallest absolute Gasteiger partial charge is 0.222 e. The van der Waals surface area contributed by atoms with Crippen molar-refractivity contribution in [3.8, 4) is 0 Å². The largest absolute Gasteiger partial charge is 0.342 e. The van der Waals surface area contributed by atoms with Crippen molar-refractivity contribution in [2.24, 2.45) is 7.05 Å². The summed E-state index contributed by atoms with van der Waals surface area (Å²) >= 11 is 0. The molecule has 0 radical (unpaired) electrons. The highest BCUT2D eigenvalue weighted by Gasteiger charge is 2.24. The van der Waals surface area contributed by atoms with Crippen molar-refractivity contribution in [3.05, 3.63) is 48.0 Å². The SMILES string of the molecule is Cn1ccc(CCC(=O)N2CCCC(c3cccnc3)C2)n1. The zero-order valence-electron chi connectivity index (χ0n) is 13.0. The molecule has 1 amide bonds. The number of carbonyl (C=O) groups excluding carboxylic acids is 1. The number of piperidine rings is 1. The van der Waals surface area contributed by atoms with Gasteiger partial charge >= 0.3 is 0 Å². The van der Waals surface area contributed by atoms with Crippen molar-refractivity contribution < 1.29 is 4.79 Å². The maximum absolute atomic E-state index is 12.4. The monoisotopic (exact) mass is 298 g/mol. The lowest BCUT2D eigenvalue weighted by molar-refractivity contribution is -0.132. The van der Waals surface area contributed by atoms with Gasteiger partial charge in [0.25, 0.3) is 0 Å². The van der Waals surface area contributed by atoms with Crippen LogP contribution in [0.2, 0.25) is 0 Å². The Morgan fingerprint density at radius 1 is 1.41 bits per heavy atom. The fourth-order valence-corrected chi connectivity index (χ4v) is 3.08. The number of hydrogen-bond acceptors (Lipinski definition) is 3. The summed E-state index contributed by atoms with van der Waals surface area (Å²) in [6.07, 6.45) is 9.09. The normalized spacial score (nSPS) is 18.4. The first kappa shape index (κ1) is 14.8. The van der Waals surface area contributed by atoms with Crippen LogP contribution in [0, 0.1) is 0 Å². The number of aryl methyl sites for hydroxylation is 2. The van der Waals surface area contributed by atoms with E-state index in [9.17, 15) is 4.79 Å². The van der Waals surface area contributed by atoms with Gasteiger partial charge in [-0.15, -0.1) is 0 Å². The molecule has 2 aromatic rings. The van der Waals surface area contributed by atoms with Gasteiger partial charge in [0.2, 0.25) is 5.91 Å². The van der Waals surface area contributed by atoms with E-state index in [1.54, 1.807) is 10.9 Å². The molecule has 0 aliphatic carbocycles. The molecule has 0 spiro atoms. The summed E-state index contributed by atoms with van der Waals surface area (Å²) in [4.78, 5) is 18.6. The second kappa shape index (κ2) is 6.73. The standard InChI is InChI=1S/C17H22N4O/c1-20-11-8-16(19-20)6-7-17(22)21-10-3-5-15(13-21)14-4-2-9-18-12-14/h2,4,8-9,11-12,15H,3,5-7,10,13H2,1H3. The topological polar surface area (TPSA) is 51.0 Å². The summed E-state index contributed by atoms with van der Waals surface area (Å²) in [5, 5.41) is 4.33. The highest BCUT2D eigenvalue weighted by molar-refractivity contribution is 5.76. The lowest BCUT2D eigenvalue weighted by atomic mass is 9.91. The maximum atomic E-state index is 12.4. The van der Waals surface area contributed by atoms with Crippen LogP contribution in [0.15, 0.2) is 36.8 Å². The van der Waals surface area contributed by atoms with Crippen molar-refractivity contribution >= 4 is 5.91 Å². The Morgan fingerprint density at radius 2 is 2.32 bits per heavy atom. The molecular formula is C17H22N4O. The van der Waals surface area contributed by atoms with E-state index in [-0.39, 0.29) is 5.91 Å². The predicted molar refractivity (Wildman–Crippen MR) is 84.3 cm³/mol. The first-order valence-electron chi connectivity index (χ1n) is 7.88. The minimum absolute atomic E-state index is 0.235. The van der Waals surface area contributed by atoms with Crippen LogP contribution in [0.4, 0.5) is 0 Å². The van der Waals surface area contributed by atoms with Gasteiger partial charge in [-0.2, -0.15) is 5.10 Å². The van der Waals surface area contributed by atoms with E-state index in [1.807, 2.05) is 36.5 Å². The van der Waals surface area contributed by atoms with E-state index < -0.39 is 0 Å². The zero-order chi connectivity index (χ0) is 15.4. The molecule has 22 heavy (non-hydrogen) atoms. The molecule has 0 saturated carbocycles. The fraction of sp³-hybridized carbons (Fsp3) is 0.471. The number of pyridine rings is 1. The molecule has 116 valence electrons. The molecule has 1 fully saturated rings. The van der Waals surface area contributed by atoms with E-state index in [0.29, 0.717) is 18.8 Å². The average Bonchev–Trinajstić information content (AvgIpc) is 2.99. The number of amides is 1. The van der Waals surface area contributed by atoms with Gasteiger partial charge in [-0.3, -0.25) is 14.5 Å². The first-order chi connectivity index (χ1) is 10.7. The van der Waals surface area contributed by atoms with Crippen LogP contribution in [-0.2, 0) is 18.3 Å². The molecule has 1 aliphatic rings.